The van der Waals surface area contributed by atoms with Gasteiger partial charge in [0.05, 0.1) is 16.5 Å². The van der Waals surface area contributed by atoms with E-state index in [4.69, 9.17) is 14.1 Å². The van der Waals surface area contributed by atoms with Crippen LogP contribution in [0.4, 0.5) is 0 Å². The van der Waals surface area contributed by atoms with Crippen LogP contribution < -0.4 is 4.74 Å². The fraction of sp³-hybridized carbons (Fsp3) is 0.200. The Hall–Kier alpha value is -4.12. The van der Waals surface area contributed by atoms with Crippen molar-refractivity contribution in [3.05, 3.63) is 95.1 Å². The Morgan fingerprint density at radius 2 is 1.74 bits per heavy atom. The largest absolute Gasteiger partial charge is 0.482 e. The Morgan fingerprint density at radius 3 is 2.43 bits per heavy atom. The van der Waals surface area contributed by atoms with Crippen molar-refractivity contribution in [1.82, 2.24) is 4.98 Å². The molecular formula is C30H25NO4. The predicted octanol–water partition coefficient (Wildman–Crippen LogP) is 7.42. The molecule has 0 saturated heterocycles. The quantitative estimate of drug-likeness (QED) is 0.294. The Bertz CT molecular complexity index is 1600. The van der Waals surface area contributed by atoms with Gasteiger partial charge in [0.2, 0.25) is 0 Å². The number of nitrogens with zero attached hydrogens (tertiary/aromatic N) is 1. The maximum Gasteiger partial charge on any atom is 0.336 e. The van der Waals surface area contributed by atoms with E-state index in [-0.39, 0.29) is 5.56 Å². The molecule has 0 radical (unpaired) electrons. The van der Waals surface area contributed by atoms with Crippen molar-refractivity contribution in [3.8, 4) is 17.2 Å². The van der Waals surface area contributed by atoms with Gasteiger partial charge in [0.25, 0.3) is 0 Å². The number of aromatic nitrogens is 1. The van der Waals surface area contributed by atoms with Crippen LogP contribution in [0.15, 0.2) is 77.2 Å². The predicted molar refractivity (Wildman–Crippen MR) is 136 cm³/mol. The highest BCUT2D eigenvalue weighted by Crippen LogP contribution is 2.47. The molecule has 1 N–H and O–H groups in total. The first-order valence-corrected chi connectivity index (χ1v) is 11.9. The standard InChI is InChI=1S/C30H25NO4/c1-18-13-14-25(35-30(15-8-16-30)20-9-4-3-5-10-20)26-22(29(32)33)17-23(31-27(18)26)28-19(2)21-11-6-7-12-24(21)34-28/h3-7,9-14,17H,8,15-16H2,1-2H3,(H,32,33). The van der Waals surface area contributed by atoms with Gasteiger partial charge in [0, 0.05) is 10.9 Å². The van der Waals surface area contributed by atoms with Crippen LogP contribution in [0.2, 0.25) is 0 Å². The zero-order chi connectivity index (χ0) is 24.2. The third kappa shape index (κ3) is 3.38. The highest BCUT2D eigenvalue weighted by atomic mass is 16.5. The first-order valence-electron chi connectivity index (χ1n) is 11.9. The second-order valence-electron chi connectivity index (χ2n) is 9.33. The molecule has 5 nitrogen and oxygen atoms in total. The summed E-state index contributed by atoms with van der Waals surface area (Å²) in [6, 6.07) is 23.4. The van der Waals surface area contributed by atoms with Crippen LogP contribution in [0.5, 0.6) is 5.75 Å². The van der Waals surface area contributed by atoms with Crippen molar-refractivity contribution in [3.63, 3.8) is 0 Å². The molecule has 5 heteroatoms. The minimum Gasteiger partial charge on any atom is -0.482 e. The summed E-state index contributed by atoms with van der Waals surface area (Å²) in [6.07, 6.45) is 2.84. The minimum absolute atomic E-state index is 0.158. The number of hydrogen-bond donors (Lipinski definition) is 1. The molecule has 0 aliphatic heterocycles. The van der Waals surface area contributed by atoms with Crippen molar-refractivity contribution in [2.45, 2.75) is 38.7 Å². The third-order valence-electron chi connectivity index (χ3n) is 7.20. The maximum atomic E-state index is 12.5. The van der Waals surface area contributed by atoms with E-state index in [0.29, 0.717) is 28.1 Å². The van der Waals surface area contributed by atoms with Crippen LogP contribution in [0.1, 0.15) is 46.3 Å². The average molecular weight is 464 g/mol. The smallest absolute Gasteiger partial charge is 0.336 e. The van der Waals surface area contributed by atoms with Gasteiger partial charge in [-0.3, -0.25) is 0 Å². The van der Waals surface area contributed by atoms with E-state index in [1.54, 1.807) is 6.07 Å². The number of pyridine rings is 1. The van der Waals surface area contributed by atoms with Crippen LogP contribution in [-0.4, -0.2) is 16.1 Å². The molecule has 0 spiro atoms. The lowest BCUT2D eigenvalue weighted by Gasteiger charge is -2.42. The molecule has 2 aromatic heterocycles. The second kappa shape index (κ2) is 7.98. The van der Waals surface area contributed by atoms with E-state index >= 15 is 0 Å². The van der Waals surface area contributed by atoms with Gasteiger partial charge in [-0.2, -0.15) is 0 Å². The van der Waals surface area contributed by atoms with Gasteiger partial charge in [-0.1, -0.05) is 54.6 Å². The monoisotopic (exact) mass is 463 g/mol. The van der Waals surface area contributed by atoms with Crippen molar-refractivity contribution < 1.29 is 19.1 Å². The van der Waals surface area contributed by atoms with Gasteiger partial charge in [-0.15, -0.1) is 0 Å². The van der Waals surface area contributed by atoms with E-state index in [1.807, 2.05) is 68.4 Å². The van der Waals surface area contributed by atoms with Gasteiger partial charge in [0.15, 0.2) is 5.76 Å². The Labute approximate surface area is 203 Å². The molecule has 0 unspecified atom stereocenters. The number of carboxylic acid groups (broad SMARTS) is 1. The Balaban J connectivity index is 1.55. The Kier molecular flexibility index (Phi) is 4.88. The van der Waals surface area contributed by atoms with Gasteiger partial charge in [-0.05, 0) is 62.4 Å². The van der Waals surface area contributed by atoms with Crippen LogP contribution >= 0.6 is 0 Å². The van der Waals surface area contributed by atoms with Crippen molar-refractivity contribution in [1.29, 1.82) is 0 Å². The maximum absolute atomic E-state index is 12.5. The third-order valence-corrected chi connectivity index (χ3v) is 7.20. The molecule has 1 saturated carbocycles. The normalized spacial score (nSPS) is 14.7. The lowest BCUT2D eigenvalue weighted by Crippen LogP contribution is -2.40. The Morgan fingerprint density at radius 1 is 1.00 bits per heavy atom. The summed E-state index contributed by atoms with van der Waals surface area (Å²) in [5.74, 6) is 0.109. The number of aryl methyl sites for hydroxylation is 2. The number of benzene rings is 3. The molecule has 1 aliphatic rings. The molecule has 5 aromatic rings. The number of para-hydroxylation sites is 1. The van der Waals surface area contributed by atoms with Crippen molar-refractivity contribution in [2.24, 2.45) is 0 Å². The summed E-state index contributed by atoms with van der Waals surface area (Å²) in [5, 5.41) is 11.8. The molecule has 3 aromatic carbocycles. The zero-order valence-corrected chi connectivity index (χ0v) is 19.7. The highest BCUT2D eigenvalue weighted by Gasteiger charge is 2.41. The molecule has 1 fully saturated rings. The molecule has 1 aliphatic carbocycles. The first kappa shape index (κ1) is 21.4. The van der Waals surface area contributed by atoms with Gasteiger partial charge < -0.3 is 14.3 Å². The van der Waals surface area contributed by atoms with Crippen molar-refractivity contribution >= 4 is 27.8 Å². The first-order chi connectivity index (χ1) is 17.0. The van der Waals surface area contributed by atoms with Gasteiger partial charge >= 0.3 is 5.97 Å². The topological polar surface area (TPSA) is 72.6 Å². The number of furan rings is 1. The molecule has 6 rings (SSSR count). The summed E-state index contributed by atoms with van der Waals surface area (Å²) in [6.45, 7) is 3.91. The number of carbonyl (C=O) groups is 1. The van der Waals surface area contributed by atoms with E-state index in [2.05, 4.69) is 12.1 Å². The summed E-state index contributed by atoms with van der Waals surface area (Å²) in [5.41, 5.74) is 4.50. The average Bonchev–Trinajstić information content (AvgIpc) is 3.19. The molecule has 0 atom stereocenters. The van der Waals surface area contributed by atoms with E-state index in [9.17, 15) is 9.90 Å². The van der Waals surface area contributed by atoms with E-state index in [1.165, 1.54) is 0 Å². The fourth-order valence-corrected chi connectivity index (χ4v) is 5.13. The number of hydrogen-bond acceptors (Lipinski definition) is 4. The SMILES string of the molecule is Cc1c(-c2cc(C(=O)O)c3c(OC4(c5ccccc5)CCC4)ccc(C)c3n2)oc2ccccc12. The van der Waals surface area contributed by atoms with E-state index < -0.39 is 11.6 Å². The number of rotatable bonds is 5. The summed E-state index contributed by atoms with van der Waals surface area (Å²) in [4.78, 5) is 17.4. The lowest BCUT2D eigenvalue weighted by molar-refractivity contribution is -0.0109. The molecule has 174 valence electrons. The lowest BCUT2D eigenvalue weighted by atomic mass is 9.74. The number of ether oxygens (including phenoxy) is 1. The second-order valence-corrected chi connectivity index (χ2v) is 9.33. The summed E-state index contributed by atoms with van der Waals surface area (Å²) >= 11 is 0. The molecule has 0 amide bonds. The van der Waals surface area contributed by atoms with Crippen LogP contribution in [-0.2, 0) is 5.60 Å². The number of fused-ring (bicyclic) bond motifs is 2. The summed E-state index contributed by atoms with van der Waals surface area (Å²) in [7, 11) is 0. The highest BCUT2D eigenvalue weighted by molar-refractivity contribution is 6.07. The molecule has 35 heavy (non-hydrogen) atoms. The zero-order valence-electron chi connectivity index (χ0n) is 19.7. The van der Waals surface area contributed by atoms with Gasteiger partial charge in [0.1, 0.15) is 22.6 Å². The van der Waals surface area contributed by atoms with Gasteiger partial charge in [-0.25, -0.2) is 9.78 Å². The number of aromatic carboxylic acids is 1. The molecular weight excluding hydrogens is 438 g/mol. The minimum atomic E-state index is -1.02. The number of carboxylic acids is 1. The fourth-order valence-electron chi connectivity index (χ4n) is 5.13. The van der Waals surface area contributed by atoms with Crippen LogP contribution in [0.3, 0.4) is 0 Å². The van der Waals surface area contributed by atoms with Crippen LogP contribution in [0.25, 0.3) is 33.3 Å². The van der Waals surface area contributed by atoms with E-state index in [0.717, 1.165) is 46.9 Å². The van der Waals surface area contributed by atoms with Crippen molar-refractivity contribution in [2.75, 3.05) is 0 Å². The van der Waals surface area contributed by atoms with Crippen LogP contribution in [0, 0.1) is 13.8 Å². The molecule has 2 heterocycles. The summed E-state index contributed by atoms with van der Waals surface area (Å²) < 4.78 is 12.8. The molecule has 0 bridgehead atoms.